The summed E-state index contributed by atoms with van der Waals surface area (Å²) in [5, 5.41) is 0. The van der Waals surface area contributed by atoms with Crippen LogP contribution in [0.2, 0.25) is 0 Å². The minimum Gasteiger partial charge on any atom is -0.377 e. The smallest absolute Gasteiger partial charge is 0.231 e. The van der Waals surface area contributed by atoms with Crippen LogP contribution in [0, 0.1) is 6.92 Å². The van der Waals surface area contributed by atoms with Crippen LogP contribution in [0.5, 0.6) is 0 Å². The number of carbonyl (C=O) groups excluding carboxylic acids is 1. The monoisotopic (exact) mass is 340 g/mol. The number of primary amides is 1. The van der Waals surface area contributed by atoms with Gasteiger partial charge < -0.3 is 10.5 Å². The van der Waals surface area contributed by atoms with Crippen LogP contribution in [0.25, 0.3) is 0 Å². The van der Waals surface area contributed by atoms with E-state index in [1.807, 2.05) is 0 Å². The molecule has 20 heavy (non-hydrogen) atoms. The third-order valence-corrected chi connectivity index (χ3v) is 4.21. The van der Waals surface area contributed by atoms with Gasteiger partial charge in [0, 0.05) is 24.2 Å². The van der Waals surface area contributed by atoms with Crippen LogP contribution in [0.4, 0.5) is 0 Å². The molecular formula is C15H21BrN2O2. The summed E-state index contributed by atoms with van der Waals surface area (Å²) in [6.07, 6.45) is 2.38. The first kappa shape index (κ1) is 15.5. The molecule has 4 nitrogen and oxygen atoms in total. The lowest BCUT2D eigenvalue weighted by Crippen LogP contribution is -2.38. The lowest BCUT2D eigenvalue weighted by molar-refractivity contribution is -0.119. The van der Waals surface area contributed by atoms with Crippen molar-refractivity contribution in [1.82, 2.24) is 4.90 Å². The predicted molar refractivity (Wildman–Crippen MR) is 82.3 cm³/mol. The molecule has 1 aliphatic rings. The first-order chi connectivity index (χ1) is 9.54. The molecule has 2 rings (SSSR count). The lowest BCUT2D eigenvalue weighted by atomic mass is 10.1. The van der Waals surface area contributed by atoms with E-state index in [9.17, 15) is 4.79 Å². The highest BCUT2D eigenvalue weighted by Crippen LogP contribution is 2.21. The maximum Gasteiger partial charge on any atom is 0.231 e. The zero-order valence-electron chi connectivity index (χ0n) is 11.8. The Kier molecular flexibility index (Phi) is 5.57. The Labute approximate surface area is 128 Å². The zero-order valence-corrected chi connectivity index (χ0v) is 13.4. The second kappa shape index (κ2) is 7.20. The number of aryl methyl sites for hydroxylation is 1. The van der Waals surface area contributed by atoms with Gasteiger partial charge in [-0.2, -0.15) is 0 Å². The molecule has 5 heteroatoms. The summed E-state index contributed by atoms with van der Waals surface area (Å²) >= 11 is 3.58. The molecule has 1 amide bonds. The topological polar surface area (TPSA) is 55.6 Å². The average molecular weight is 341 g/mol. The maximum atomic E-state index is 11.2. The molecule has 0 radical (unpaired) electrons. The zero-order chi connectivity index (χ0) is 14.5. The van der Waals surface area contributed by atoms with Gasteiger partial charge >= 0.3 is 0 Å². The molecule has 0 spiro atoms. The SMILES string of the molecule is Cc1ccc(CN(CC(N)=O)C[C@H]2CCCO2)c(Br)c1. The van der Waals surface area contributed by atoms with Gasteiger partial charge in [0.2, 0.25) is 5.91 Å². The van der Waals surface area contributed by atoms with Gasteiger partial charge in [0.25, 0.3) is 0 Å². The Morgan fingerprint density at radius 1 is 1.55 bits per heavy atom. The van der Waals surface area contributed by atoms with Crippen molar-refractivity contribution in [3.63, 3.8) is 0 Å². The molecule has 1 fully saturated rings. The number of halogens is 1. The number of rotatable bonds is 6. The fraction of sp³-hybridized carbons (Fsp3) is 0.533. The number of carbonyl (C=O) groups is 1. The second-order valence-corrected chi connectivity index (χ2v) is 6.22. The van der Waals surface area contributed by atoms with Gasteiger partial charge in [-0.15, -0.1) is 0 Å². The molecule has 1 aromatic rings. The van der Waals surface area contributed by atoms with Gasteiger partial charge in [-0.1, -0.05) is 28.1 Å². The van der Waals surface area contributed by atoms with Crippen molar-refractivity contribution in [2.75, 3.05) is 19.7 Å². The number of amides is 1. The highest BCUT2D eigenvalue weighted by atomic mass is 79.9. The molecular weight excluding hydrogens is 320 g/mol. The molecule has 1 saturated heterocycles. The Morgan fingerprint density at radius 2 is 2.35 bits per heavy atom. The van der Waals surface area contributed by atoms with Gasteiger partial charge in [0.1, 0.15) is 0 Å². The summed E-state index contributed by atoms with van der Waals surface area (Å²) in [5.74, 6) is -0.300. The number of benzene rings is 1. The average Bonchev–Trinajstić information content (AvgIpc) is 2.84. The standard InChI is InChI=1S/C15H21BrN2O2/c1-11-4-5-12(14(16)7-11)8-18(10-15(17)19)9-13-3-2-6-20-13/h4-5,7,13H,2-3,6,8-10H2,1H3,(H2,17,19)/t13-/m1/s1. The third-order valence-electron chi connectivity index (χ3n) is 3.47. The molecule has 0 unspecified atom stereocenters. The Morgan fingerprint density at radius 3 is 2.95 bits per heavy atom. The fourth-order valence-corrected chi connectivity index (χ4v) is 3.12. The largest absolute Gasteiger partial charge is 0.377 e. The van der Waals surface area contributed by atoms with Gasteiger partial charge in [-0.05, 0) is 37.0 Å². The van der Waals surface area contributed by atoms with Crippen LogP contribution in [-0.2, 0) is 16.1 Å². The normalized spacial score (nSPS) is 18.6. The molecule has 0 bridgehead atoms. The van der Waals surface area contributed by atoms with Crippen molar-refractivity contribution in [2.24, 2.45) is 5.73 Å². The highest BCUT2D eigenvalue weighted by molar-refractivity contribution is 9.10. The van der Waals surface area contributed by atoms with Crippen molar-refractivity contribution in [1.29, 1.82) is 0 Å². The maximum absolute atomic E-state index is 11.2. The number of ether oxygens (including phenoxy) is 1. The summed E-state index contributed by atoms with van der Waals surface area (Å²) in [5.41, 5.74) is 7.72. The Bertz CT molecular complexity index is 473. The molecule has 1 aliphatic heterocycles. The van der Waals surface area contributed by atoms with Crippen LogP contribution in [-0.4, -0.2) is 36.6 Å². The van der Waals surface area contributed by atoms with E-state index in [1.165, 1.54) is 5.56 Å². The van der Waals surface area contributed by atoms with E-state index in [4.69, 9.17) is 10.5 Å². The van der Waals surface area contributed by atoms with E-state index in [-0.39, 0.29) is 18.6 Å². The van der Waals surface area contributed by atoms with E-state index in [0.717, 1.165) is 36.0 Å². The van der Waals surface area contributed by atoms with E-state index in [2.05, 4.69) is 46.0 Å². The van der Waals surface area contributed by atoms with E-state index < -0.39 is 0 Å². The molecule has 1 aromatic carbocycles. The van der Waals surface area contributed by atoms with Crippen molar-refractivity contribution in [3.8, 4) is 0 Å². The molecule has 110 valence electrons. The van der Waals surface area contributed by atoms with Gasteiger partial charge in [0.05, 0.1) is 12.6 Å². The van der Waals surface area contributed by atoms with Crippen LogP contribution < -0.4 is 5.73 Å². The summed E-state index contributed by atoms with van der Waals surface area (Å²) in [6, 6.07) is 6.25. The Balaban J connectivity index is 2.03. The van der Waals surface area contributed by atoms with Gasteiger partial charge in [-0.3, -0.25) is 9.69 Å². The number of nitrogens with two attached hydrogens (primary N) is 1. The minimum atomic E-state index is -0.300. The minimum absolute atomic E-state index is 0.221. The molecule has 2 N–H and O–H groups in total. The van der Waals surface area contributed by atoms with E-state index in [1.54, 1.807) is 0 Å². The van der Waals surface area contributed by atoms with Crippen LogP contribution in [0.15, 0.2) is 22.7 Å². The highest BCUT2D eigenvalue weighted by Gasteiger charge is 2.20. The summed E-state index contributed by atoms with van der Waals surface area (Å²) in [7, 11) is 0. The molecule has 0 aromatic heterocycles. The molecule has 0 saturated carbocycles. The van der Waals surface area contributed by atoms with E-state index >= 15 is 0 Å². The van der Waals surface area contributed by atoms with Gasteiger partial charge in [0.15, 0.2) is 0 Å². The van der Waals surface area contributed by atoms with Crippen LogP contribution in [0.1, 0.15) is 24.0 Å². The van der Waals surface area contributed by atoms with Crippen molar-refractivity contribution < 1.29 is 9.53 Å². The summed E-state index contributed by atoms with van der Waals surface area (Å²) in [4.78, 5) is 13.3. The van der Waals surface area contributed by atoms with Crippen LogP contribution in [0.3, 0.4) is 0 Å². The molecule has 0 aliphatic carbocycles. The van der Waals surface area contributed by atoms with Crippen molar-refractivity contribution >= 4 is 21.8 Å². The second-order valence-electron chi connectivity index (χ2n) is 5.37. The van der Waals surface area contributed by atoms with E-state index in [0.29, 0.717) is 6.54 Å². The quantitative estimate of drug-likeness (QED) is 0.863. The lowest BCUT2D eigenvalue weighted by Gasteiger charge is -2.24. The number of hydrogen-bond donors (Lipinski definition) is 1. The summed E-state index contributed by atoms with van der Waals surface area (Å²) in [6.45, 7) is 4.60. The molecule has 1 heterocycles. The third kappa shape index (κ3) is 4.58. The Hall–Kier alpha value is -0.910. The van der Waals surface area contributed by atoms with Crippen molar-refractivity contribution in [3.05, 3.63) is 33.8 Å². The number of hydrogen-bond acceptors (Lipinski definition) is 3. The van der Waals surface area contributed by atoms with Crippen molar-refractivity contribution in [2.45, 2.75) is 32.4 Å². The number of nitrogens with zero attached hydrogens (tertiary/aromatic N) is 1. The molecule has 1 atom stereocenters. The summed E-state index contributed by atoms with van der Waals surface area (Å²) < 4.78 is 6.72. The fourth-order valence-electron chi connectivity index (χ4n) is 2.50. The first-order valence-electron chi connectivity index (χ1n) is 6.92. The van der Waals surface area contributed by atoms with Crippen LogP contribution >= 0.6 is 15.9 Å². The predicted octanol–water partition coefficient (Wildman–Crippen LogP) is 2.22. The van der Waals surface area contributed by atoms with Gasteiger partial charge in [-0.25, -0.2) is 0 Å². The first-order valence-corrected chi connectivity index (χ1v) is 7.71.